The molecule has 5 heterocycles. The molecule has 1 aliphatic heterocycles. The van der Waals surface area contributed by atoms with Crippen molar-refractivity contribution in [3.05, 3.63) is 67.5 Å². The Bertz CT molecular complexity index is 2230. The summed E-state index contributed by atoms with van der Waals surface area (Å²) < 4.78 is 7.27. The normalized spacial score (nSPS) is 26.2. The van der Waals surface area contributed by atoms with Crippen LogP contribution in [-0.2, 0) is 17.8 Å². The fourth-order valence-electron chi connectivity index (χ4n) is 9.71. The summed E-state index contributed by atoms with van der Waals surface area (Å²) in [5, 5.41) is 12.9. The molecule has 1 saturated heterocycles. The summed E-state index contributed by atoms with van der Waals surface area (Å²) in [6.07, 6.45) is 11.0. The second-order valence-electron chi connectivity index (χ2n) is 15.5. The van der Waals surface area contributed by atoms with E-state index in [2.05, 4.69) is 20.2 Å². The van der Waals surface area contributed by atoms with Crippen LogP contribution in [0.15, 0.2) is 34.1 Å². The summed E-state index contributed by atoms with van der Waals surface area (Å²) in [6, 6.07) is 3.29. The Morgan fingerprint density at radius 1 is 1.04 bits per heavy atom. The third-order valence-electron chi connectivity index (χ3n) is 12.3. The van der Waals surface area contributed by atoms with Crippen LogP contribution >= 0.6 is 0 Å². The first-order chi connectivity index (χ1) is 24.5. The standard InChI is InChI=1S/C37H43N9O5/c1-5-24-30(43-12-13-44(26-9-8-25(26)43)35(50)28-31(48)20(2)15-39-34(28)51-4)32(49)29-33(42-46(41-29)23-10-11-38-21(3)14-23)45(24)16-27(47)40-37-17-36(18-37,19-37)22-6-7-22/h10-11,14-15,22,25-26H,5-9,12-13,16-19H2,1-4H3,(H,39,48)(H,40,47)/t25-,26-,36?,37?/m0/s1. The van der Waals surface area contributed by atoms with Crippen molar-refractivity contribution in [3.63, 3.8) is 0 Å². The number of pyridine rings is 3. The third kappa shape index (κ3) is 4.77. The molecular formula is C37H43N9O5. The maximum Gasteiger partial charge on any atom is 0.263 e. The van der Waals surface area contributed by atoms with Gasteiger partial charge < -0.3 is 29.4 Å². The van der Waals surface area contributed by atoms with E-state index in [1.54, 1.807) is 30.3 Å². The number of ether oxygens (including phenoxy) is 1. The van der Waals surface area contributed by atoms with Crippen LogP contribution in [0.1, 0.15) is 79.2 Å². The van der Waals surface area contributed by atoms with Crippen molar-refractivity contribution < 1.29 is 14.3 Å². The highest BCUT2D eigenvalue weighted by atomic mass is 16.5. The molecule has 5 saturated carbocycles. The lowest BCUT2D eigenvalue weighted by Gasteiger charge is -2.71. The van der Waals surface area contributed by atoms with Gasteiger partial charge in [0, 0.05) is 54.0 Å². The Morgan fingerprint density at radius 3 is 2.47 bits per heavy atom. The SMILES string of the molecule is CCc1c(N2CCN(C(=O)c3c(OC)[nH]cc(C)c3=O)[C@H]3CC[C@@H]32)c(=O)c2nn(-c3ccnc(C)c3)nc2n1CC(=O)NC12CC(C3CC3)(C1)C2. The molecule has 6 aliphatic rings. The van der Waals surface area contributed by atoms with Gasteiger partial charge in [-0.3, -0.25) is 24.2 Å². The number of hydrogen-bond donors (Lipinski definition) is 2. The van der Waals surface area contributed by atoms with Crippen molar-refractivity contribution in [1.82, 2.24) is 39.7 Å². The van der Waals surface area contributed by atoms with Gasteiger partial charge in [0.1, 0.15) is 17.8 Å². The largest absolute Gasteiger partial charge is 0.482 e. The van der Waals surface area contributed by atoms with Crippen molar-refractivity contribution in [1.29, 1.82) is 0 Å². The maximum atomic E-state index is 14.6. The molecule has 14 heteroatoms. The molecule has 6 fully saturated rings. The molecule has 0 spiro atoms. The zero-order valence-electron chi connectivity index (χ0n) is 29.5. The van der Waals surface area contributed by atoms with Gasteiger partial charge in [-0.15, -0.1) is 15.0 Å². The van der Waals surface area contributed by atoms with Crippen LogP contribution in [0.2, 0.25) is 0 Å². The monoisotopic (exact) mass is 693 g/mol. The number of methoxy groups -OCH3 is 1. The van der Waals surface area contributed by atoms with E-state index >= 15 is 0 Å². The van der Waals surface area contributed by atoms with Crippen LogP contribution in [0.25, 0.3) is 16.9 Å². The highest BCUT2D eigenvalue weighted by molar-refractivity contribution is 5.97. The highest BCUT2D eigenvalue weighted by Gasteiger charge is 2.72. The second kappa shape index (κ2) is 11.2. The van der Waals surface area contributed by atoms with E-state index in [1.165, 1.54) is 24.7 Å². The molecule has 266 valence electrons. The van der Waals surface area contributed by atoms with Gasteiger partial charge in [-0.05, 0) is 88.7 Å². The Balaban J connectivity index is 1.08. The number of aromatic amines is 1. The average Bonchev–Trinajstić information content (AvgIpc) is 3.80. The summed E-state index contributed by atoms with van der Waals surface area (Å²) in [7, 11) is 1.43. The van der Waals surface area contributed by atoms with Crippen molar-refractivity contribution in [2.45, 2.75) is 96.3 Å². The molecule has 5 aliphatic carbocycles. The van der Waals surface area contributed by atoms with E-state index in [0.717, 1.165) is 49.4 Å². The van der Waals surface area contributed by atoms with Gasteiger partial charge in [-0.25, -0.2) is 0 Å². The number of H-pyrrole nitrogens is 1. The number of fused-ring (bicyclic) bond motifs is 2. The molecule has 2 N–H and O–H groups in total. The quantitative estimate of drug-likeness (QED) is 0.269. The van der Waals surface area contributed by atoms with E-state index in [0.29, 0.717) is 47.5 Å². The number of carbonyl (C=O) groups is 2. The summed E-state index contributed by atoms with van der Waals surface area (Å²) in [5.41, 5.74) is 3.39. The lowest BCUT2D eigenvalue weighted by molar-refractivity contribution is -0.176. The van der Waals surface area contributed by atoms with Gasteiger partial charge in [0.2, 0.25) is 22.6 Å². The van der Waals surface area contributed by atoms with Crippen LogP contribution in [-0.4, -0.2) is 84.1 Å². The number of nitrogens with one attached hydrogen (secondary N) is 2. The lowest BCUT2D eigenvalue weighted by atomic mass is 9.37. The number of aromatic nitrogens is 6. The minimum absolute atomic E-state index is 0.00429. The third-order valence-corrected chi connectivity index (χ3v) is 12.3. The first kappa shape index (κ1) is 31.9. The zero-order valence-corrected chi connectivity index (χ0v) is 29.5. The molecule has 0 aromatic carbocycles. The first-order valence-electron chi connectivity index (χ1n) is 18.2. The number of piperazine rings is 1. The topological polar surface area (TPSA) is 160 Å². The van der Waals surface area contributed by atoms with Gasteiger partial charge in [-0.1, -0.05) is 6.92 Å². The Hall–Kier alpha value is -5.01. The summed E-state index contributed by atoms with van der Waals surface area (Å²) in [6.45, 7) is 6.24. The predicted molar refractivity (Wildman–Crippen MR) is 188 cm³/mol. The second-order valence-corrected chi connectivity index (χ2v) is 15.5. The van der Waals surface area contributed by atoms with E-state index in [1.807, 2.05) is 24.5 Å². The molecule has 2 bridgehead atoms. The van der Waals surface area contributed by atoms with Gasteiger partial charge >= 0.3 is 0 Å². The van der Waals surface area contributed by atoms with E-state index < -0.39 is 0 Å². The summed E-state index contributed by atoms with van der Waals surface area (Å²) in [4.78, 5) is 68.1. The zero-order chi connectivity index (χ0) is 35.4. The van der Waals surface area contributed by atoms with Crippen molar-refractivity contribution in [2.24, 2.45) is 11.3 Å². The summed E-state index contributed by atoms with van der Waals surface area (Å²) >= 11 is 0. The first-order valence-corrected chi connectivity index (χ1v) is 18.2. The van der Waals surface area contributed by atoms with E-state index in [9.17, 15) is 19.2 Å². The highest BCUT2D eigenvalue weighted by Crippen LogP contribution is 2.75. The van der Waals surface area contributed by atoms with Crippen LogP contribution in [0.5, 0.6) is 5.88 Å². The molecule has 51 heavy (non-hydrogen) atoms. The number of anilines is 1. The number of nitrogens with zero attached hydrogens (tertiary/aromatic N) is 7. The van der Waals surface area contributed by atoms with Gasteiger partial charge in [0.05, 0.1) is 18.8 Å². The van der Waals surface area contributed by atoms with E-state index in [-0.39, 0.29) is 63.8 Å². The molecule has 10 rings (SSSR count). The minimum atomic E-state index is -0.376. The number of hydrogen-bond acceptors (Lipinski definition) is 9. The molecule has 4 aromatic rings. The fourth-order valence-corrected chi connectivity index (χ4v) is 9.71. The molecule has 2 amide bonds. The molecule has 14 nitrogen and oxygen atoms in total. The van der Waals surface area contributed by atoms with Crippen LogP contribution < -0.4 is 25.8 Å². The van der Waals surface area contributed by atoms with Crippen LogP contribution in [0, 0.1) is 25.2 Å². The van der Waals surface area contributed by atoms with Gasteiger partial charge in [0.25, 0.3) is 5.91 Å². The number of rotatable bonds is 9. The van der Waals surface area contributed by atoms with Crippen molar-refractivity contribution >= 4 is 28.7 Å². The van der Waals surface area contributed by atoms with E-state index in [4.69, 9.17) is 14.9 Å². The maximum absolute atomic E-state index is 14.6. The molecule has 0 radical (unpaired) electrons. The number of aryl methyl sites for hydroxylation is 2. The summed E-state index contributed by atoms with van der Waals surface area (Å²) in [5.74, 6) is 0.511. The average molecular weight is 694 g/mol. The molecule has 0 unspecified atom stereocenters. The van der Waals surface area contributed by atoms with Crippen molar-refractivity contribution in [2.75, 3.05) is 25.1 Å². The Morgan fingerprint density at radius 2 is 1.80 bits per heavy atom. The number of amides is 2. The van der Waals surface area contributed by atoms with Crippen LogP contribution in [0.4, 0.5) is 5.69 Å². The van der Waals surface area contributed by atoms with Crippen molar-refractivity contribution in [3.8, 4) is 11.6 Å². The molecule has 2 atom stereocenters. The Kier molecular flexibility index (Phi) is 7.04. The minimum Gasteiger partial charge on any atom is -0.482 e. The van der Waals surface area contributed by atoms with Gasteiger partial charge in [-0.2, -0.15) is 0 Å². The smallest absolute Gasteiger partial charge is 0.263 e. The number of carbonyl (C=O) groups excluding carboxylic acids is 2. The fraction of sp³-hybridized carbons (Fsp3) is 0.541. The molecule has 4 aromatic heterocycles. The lowest BCUT2D eigenvalue weighted by Crippen LogP contribution is -2.75. The predicted octanol–water partition coefficient (Wildman–Crippen LogP) is 2.80. The molecular weight excluding hydrogens is 650 g/mol. The Labute approximate surface area is 294 Å². The van der Waals surface area contributed by atoms with Gasteiger partial charge in [0.15, 0.2) is 11.2 Å². The van der Waals surface area contributed by atoms with Crippen LogP contribution in [0.3, 0.4) is 0 Å².